The van der Waals surface area contributed by atoms with E-state index in [1.807, 2.05) is 30.3 Å². The van der Waals surface area contributed by atoms with Gasteiger partial charge in [0.25, 0.3) is 5.91 Å². The van der Waals surface area contributed by atoms with Crippen LogP contribution in [0.4, 0.5) is 0 Å². The highest BCUT2D eigenvalue weighted by Crippen LogP contribution is 2.40. The second kappa shape index (κ2) is 8.01. The maximum absolute atomic E-state index is 13.3. The van der Waals surface area contributed by atoms with E-state index in [2.05, 4.69) is 9.97 Å². The molecule has 0 spiro atoms. The lowest BCUT2D eigenvalue weighted by Gasteiger charge is -2.29. The number of likely N-dealkylation sites (tertiary alicyclic amines) is 1. The van der Waals surface area contributed by atoms with E-state index < -0.39 is 12.0 Å². The van der Waals surface area contributed by atoms with Gasteiger partial charge >= 0.3 is 5.97 Å². The molecule has 146 valence electrons. The second-order valence-electron chi connectivity index (χ2n) is 6.89. The molecule has 3 aromatic rings. The van der Waals surface area contributed by atoms with Crippen LogP contribution in [0.25, 0.3) is 11.1 Å². The summed E-state index contributed by atoms with van der Waals surface area (Å²) in [6, 6.07) is 13.0. The number of aromatic nitrogens is 2. The third-order valence-corrected chi connectivity index (χ3v) is 5.54. The van der Waals surface area contributed by atoms with Gasteiger partial charge in [-0.2, -0.15) is 0 Å². The number of nitrogens with zero attached hydrogens (tertiary/aromatic N) is 3. The maximum Gasteiger partial charge on any atom is 0.326 e. The molecule has 1 fully saturated rings. The van der Waals surface area contributed by atoms with Crippen molar-refractivity contribution < 1.29 is 14.7 Å². The van der Waals surface area contributed by atoms with Crippen LogP contribution < -0.4 is 0 Å². The summed E-state index contributed by atoms with van der Waals surface area (Å²) in [6.45, 7) is 0. The molecule has 0 saturated carbocycles. The van der Waals surface area contributed by atoms with Gasteiger partial charge in [0.2, 0.25) is 0 Å². The quantitative estimate of drug-likeness (QED) is 0.699. The fourth-order valence-electron chi connectivity index (χ4n) is 3.79. The van der Waals surface area contributed by atoms with Gasteiger partial charge in [0.1, 0.15) is 12.4 Å². The zero-order chi connectivity index (χ0) is 20.4. The molecular weight excluding hydrogens is 390 g/mol. The largest absolute Gasteiger partial charge is 0.480 e. The Morgan fingerprint density at radius 3 is 2.31 bits per heavy atom. The molecule has 1 unspecified atom stereocenters. The Hall–Kier alpha value is -3.25. The average molecular weight is 408 g/mol. The van der Waals surface area contributed by atoms with Crippen LogP contribution in [0.1, 0.15) is 34.8 Å². The predicted molar refractivity (Wildman–Crippen MR) is 108 cm³/mol. The smallest absolute Gasteiger partial charge is 0.326 e. The summed E-state index contributed by atoms with van der Waals surface area (Å²) >= 11 is 6.34. The summed E-state index contributed by atoms with van der Waals surface area (Å²) in [5, 5.41) is 10.2. The number of carboxylic acid groups (broad SMARTS) is 1. The first-order valence-electron chi connectivity index (χ1n) is 9.21. The number of carbonyl (C=O) groups excluding carboxylic acids is 1. The van der Waals surface area contributed by atoms with Crippen LogP contribution in [-0.4, -0.2) is 37.9 Å². The number of hydrogen-bond acceptors (Lipinski definition) is 4. The highest BCUT2D eigenvalue weighted by molar-refractivity contribution is 6.31. The Morgan fingerprint density at radius 2 is 1.66 bits per heavy atom. The number of hydrogen-bond donors (Lipinski definition) is 1. The van der Waals surface area contributed by atoms with Crippen LogP contribution in [0.3, 0.4) is 0 Å². The van der Waals surface area contributed by atoms with E-state index in [1.54, 1.807) is 30.6 Å². The van der Waals surface area contributed by atoms with Gasteiger partial charge in [-0.15, -0.1) is 0 Å². The number of aliphatic carboxylic acids is 1. The highest BCUT2D eigenvalue weighted by atomic mass is 35.5. The van der Waals surface area contributed by atoms with Crippen molar-refractivity contribution in [3.63, 3.8) is 0 Å². The fraction of sp³-hybridized carbons (Fsp3) is 0.182. The molecule has 1 amide bonds. The molecule has 1 aliphatic rings. The Bertz CT molecular complexity index is 1040. The van der Waals surface area contributed by atoms with E-state index in [0.717, 1.165) is 16.7 Å². The van der Waals surface area contributed by atoms with Gasteiger partial charge in [-0.25, -0.2) is 14.8 Å². The van der Waals surface area contributed by atoms with Gasteiger partial charge in [-0.1, -0.05) is 41.9 Å². The van der Waals surface area contributed by atoms with E-state index in [0.29, 0.717) is 23.4 Å². The van der Waals surface area contributed by atoms with Crippen molar-refractivity contribution in [1.29, 1.82) is 0 Å². The number of halogens is 1. The van der Waals surface area contributed by atoms with E-state index >= 15 is 0 Å². The minimum Gasteiger partial charge on any atom is -0.480 e. The summed E-state index contributed by atoms with van der Waals surface area (Å²) in [5.74, 6) is -1.33. The van der Waals surface area contributed by atoms with E-state index in [9.17, 15) is 14.7 Å². The topological polar surface area (TPSA) is 83.4 Å². The number of carboxylic acids is 1. The molecule has 29 heavy (non-hydrogen) atoms. The van der Waals surface area contributed by atoms with Gasteiger partial charge in [-0.05, 0) is 42.2 Å². The van der Waals surface area contributed by atoms with Crippen molar-refractivity contribution >= 4 is 23.5 Å². The summed E-state index contributed by atoms with van der Waals surface area (Å²) in [6.07, 6.45) is 5.77. The number of rotatable bonds is 4. The summed E-state index contributed by atoms with van der Waals surface area (Å²) in [5.41, 5.74) is 2.91. The molecule has 1 aromatic heterocycles. The first-order chi connectivity index (χ1) is 14.1. The van der Waals surface area contributed by atoms with Gasteiger partial charge in [0.05, 0.1) is 6.04 Å². The van der Waals surface area contributed by atoms with Crippen molar-refractivity contribution in [2.75, 3.05) is 0 Å². The van der Waals surface area contributed by atoms with Crippen LogP contribution in [-0.2, 0) is 4.79 Å². The van der Waals surface area contributed by atoms with Crippen LogP contribution in [0.2, 0.25) is 5.02 Å². The lowest BCUT2D eigenvalue weighted by molar-refractivity contribution is -0.141. The maximum atomic E-state index is 13.3. The zero-order valence-electron chi connectivity index (χ0n) is 15.4. The van der Waals surface area contributed by atoms with Gasteiger partial charge in [0, 0.05) is 28.5 Å². The number of benzene rings is 2. The van der Waals surface area contributed by atoms with Gasteiger partial charge in [0.15, 0.2) is 0 Å². The second-order valence-corrected chi connectivity index (χ2v) is 7.29. The number of amides is 1. The van der Waals surface area contributed by atoms with Crippen molar-refractivity contribution in [3.8, 4) is 11.1 Å². The third kappa shape index (κ3) is 3.71. The van der Waals surface area contributed by atoms with Crippen LogP contribution in [0, 0.1) is 0 Å². The minimum atomic E-state index is -1.01. The van der Waals surface area contributed by atoms with Crippen molar-refractivity contribution in [2.45, 2.75) is 24.9 Å². The lowest BCUT2D eigenvalue weighted by Crippen LogP contribution is -2.41. The van der Waals surface area contributed by atoms with E-state index in [1.165, 1.54) is 11.2 Å². The summed E-state index contributed by atoms with van der Waals surface area (Å²) in [7, 11) is 0. The minimum absolute atomic E-state index is 0.323. The number of carbonyl (C=O) groups is 2. The first kappa shape index (κ1) is 19.1. The average Bonchev–Trinajstić information content (AvgIpc) is 3.19. The Balaban J connectivity index is 1.67. The van der Waals surface area contributed by atoms with E-state index in [4.69, 9.17) is 11.6 Å². The van der Waals surface area contributed by atoms with Crippen molar-refractivity contribution in [1.82, 2.24) is 14.9 Å². The molecule has 7 heteroatoms. The van der Waals surface area contributed by atoms with Gasteiger partial charge in [-0.3, -0.25) is 4.79 Å². The molecule has 2 heterocycles. The fourth-order valence-corrected chi connectivity index (χ4v) is 4.05. The first-order valence-corrected chi connectivity index (χ1v) is 9.59. The molecule has 1 N–H and O–H groups in total. The molecule has 6 nitrogen and oxygen atoms in total. The third-order valence-electron chi connectivity index (χ3n) is 5.19. The monoisotopic (exact) mass is 407 g/mol. The summed E-state index contributed by atoms with van der Waals surface area (Å²) < 4.78 is 0. The molecule has 0 bridgehead atoms. The Morgan fingerprint density at radius 1 is 0.966 bits per heavy atom. The standard InChI is InChI=1S/C22H18ClN3O3/c23-18-4-2-1-3-17(18)19-9-10-20(22(28)29)26(19)21(27)15-7-5-14(6-8-15)16-11-24-13-25-12-16/h1-8,11-13,19-20H,9-10H2,(H,28,29)/t19?,20-/m0/s1. The van der Waals surface area contributed by atoms with E-state index in [-0.39, 0.29) is 11.9 Å². The molecule has 1 aliphatic heterocycles. The normalized spacial score (nSPS) is 18.6. The predicted octanol–water partition coefficient (Wildman–Crippen LogP) is 4.23. The molecule has 2 atom stereocenters. The van der Waals surface area contributed by atoms with Gasteiger partial charge < -0.3 is 10.0 Å². The highest BCUT2D eigenvalue weighted by Gasteiger charge is 2.42. The summed E-state index contributed by atoms with van der Waals surface area (Å²) in [4.78, 5) is 34.6. The Labute approximate surface area is 172 Å². The van der Waals surface area contributed by atoms with Crippen molar-refractivity contribution in [2.24, 2.45) is 0 Å². The lowest BCUT2D eigenvalue weighted by atomic mass is 10.0. The SMILES string of the molecule is O=C(O)[C@@H]1CCC(c2ccccc2Cl)N1C(=O)c1ccc(-c2cncnc2)cc1. The molecule has 1 saturated heterocycles. The van der Waals surface area contributed by atoms with Crippen molar-refractivity contribution in [3.05, 3.63) is 83.4 Å². The molecule has 2 aromatic carbocycles. The van der Waals surface area contributed by atoms with Crippen LogP contribution in [0.15, 0.2) is 67.3 Å². The molecule has 4 rings (SSSR count). The molecular formula is C22H18ClN3O3. The zero-order valence-corrected chi connectivity index (χ0v) is 16.2. The van der Waals surface area contributed by atoms with Crippen LogP contribution in [0.5, 0.6) is 0 Å². The van der Waals surface area contributed by atoms with Crippen LogP contribution >= 0.6 is 11.6 Å². The molecule has 0 aliphatic carbocycles. The Kier molecular flexibility index (Phi) is 5.27. The molecule has 0 radical (unpaired) electrons.